The number of rotatable bonds is 8. The molecule has 10 nitrogen and oxygen atoms in total. The van der Waals surface area contributed by atoms with Gasteiger partial charge in [-0.05, 0) is 170 Å². The number of aromatic nitrogens is 2. The van der Waals surface area contributed by atoms with Crippen LogP contribution in [0.2, 0.25) is 0 Å². The highest BCUT2D eigenvalue weighted by molar-refractivity contribution is 6.03. The zero-order valence-electron chi connectivity index (χ0n) is 37.5. The van der Waals surface area contributed by atoms with E-state index in [-0.39, 0.29) is 75.0 Å². The molecule has 1 aromatic heterocycles. The standard InChI is InChI=1S/C56H63N3O7/c60-26-22-34-28-43(33-11-6-31(7-12-33)8-18-40-38(17-9-32-10-20-44(61)47(64)27-32)39-4-1-5-45(62)48(39)50(66)49(40)65)59-52-41(34)29-37-14-13-36-15-19-42-53(58-30-57-42)56(52)51-46(63)21-16-35-3-2-23-54(35,51)24-25-55(36,37)56/h1,4-7,9-12,16-17,20-21,27,30,34-37,41,43,46,51-52,59-66H,2-3,8,13-15,18-19,22-26,28-29H2,(H,57,58). The molecule has 4 aromatic carbocycles. The topological polar surface area (TPSA) is 182 Å². The van der Waals surface area contributed by atoms with Crippen LogP contribution in [0.1, 0.15) is 116 Å². The van der Waals surface area contributed by atoms with E-state index in [4.69, 9.17) is 4.98 Å². The van der Waals surface area contributed by atoms with Crippen LogP contribution < -0.4 is 5.32 Å². The van der Waals surface area contributed by atoms with Crippen LogP contribution in [-0.2, 0) is 24.7 Å². The van der Waals surface area contributed by atoms with Crippen LogP contribution in [0.5, 0.6) is 28.7 Å². The van der Waals surface area contributed by atoms with Crippen molar-refractivity contribution in [2.45, 2.75) is 113 Å². The Bertz CT molecular complexity index is 2760. The molecular weight excluding hydrogens is 827 g/mol. The minimum Gasteiger partial charge on any atom is -0.507 e. The number of nitrogens with one attached hydrogen (secondary N) is 2. The van der Waals surface area contributed by atoms with E-state index in [0.29, 0.717) is 64.5 Å². The summed E-state index contributed by atoms with van der Waals surface area (Å²) in [5.74, 6) is 1.12. The predicted octanol–water partition coefficient (Wildman–Crippen LogP) is 9.49. The predicted molar refractivity (Wildman–Crippen MR) is 254 cm³/mol. The van der Waals surface area contributed by atoms with Gasteiger partial charge in [0.1, 0.15) is 5.75 Å². The number of nitrogens with zero attached hydrogens (tertiary/aromatic N) is 1. The molecule has 2 heterocycles. The molecule has 12 atom stereocenters. The highest BCUT2D eigenvalue weighted by atomic mass is 16.3. The Balaban J connectivity index is 0.907. The van der Waals surface area contributed by atoms with E-state index in [1.54, 1.807) is 24.3 Å². The van der Waals surface area contributed by atoms with E-state index in [1.807, 2.05) is 12.4 Å². The van der Waals surface area contributed by atoms with Crippen molar-refractivity contribution in [3.8, 4) is 28.7 Å². The maximum atomic E-state index is 12.7. The number of fused-ring (bicyclic) bond motifs is 3. The number of benzene rings is 4. The Morgan fingerprint density at radius 2 is 1.64 bits per heavy atom. The smallest absolute Gasteiger partial charge is 0.169 e. The van der Waals surface area contributed by atoms with Crippen LogP contribution in [-0.4, -0.2) is 64.5 Å². The Morgan fingerprint density at radius 1 is 0.788 bits per heavy atom. The third-order valence-corrected chi connectivity index (χ3v) is 19.2. The summed E-state index contributed by atoms with van der Waals surface area (Å²) in [6, 6.07) is 18.5. The number of aromatic hydroxyl groups is 5. The maximum Gasteiger partial charge on any atom is 0.169 e. The molecular formula is C56H63N3O7. The molecule has 1 saturated heterocycles. The van der Waals surface area contributed by atoms with Gasteiger partial charge in [0.2, 0.25) is 0 Å². The maximum absolute atomic E-state index is 12.7. The van der Waals surface area contributed by atoms with Gasteiger partial charge in [0.05, 0.1) is 23.5 Å². The number of phenolic OH excluding ortho intramolecular Hbond substituents is 5. The van der Waals surface area contributed by atoms with Crippen molar-refractivity contribution in [2.24, 2.45) is 46.3 Å². The zero-order chi connectivity index (χ0) is 45.1. The average Bonchev–Trinajstić information content (AvgIpc) is 4.05. The fourth-order valence-corrected chi connectivity index (χ4v) is 16.9. The number of aliphatic hydroxyl groups is 2. The third kappa shape index (κ3) is 5.86. The number of piperidine rings is 1. The molecule has 0 amide bonds. The summed E-state index contributed by atoms with van der Waals surface area (Å²) in [5, 5.41) is 82.3. The molecule has 10 heteroatoms. The highest BCUT2D eigenvalue weighted by Crippen LogP contribution is 2.80. The van der Waals surface area contributed by atoms with Crippen LogP contribution in [0.3, 0.4) is 0 Å². The number of imidazole rings is 1. The number of hydrogen-bond acceptors (Lipinski definition) is 9. The first-order valence-electron chi connectivity index (χ1n) is 24.8. The summed E-state index contributed by atoms with van der Waals surface area (Å²) in [6.07, 6.45) is 24.0. The Labute approximate surface area is 386 Å². The number of aryl methyl sites for hydroxylation is 2. The van der Waals surface area contributed by atoms with Crippen molar-refractivity contribution in [3.05, 3.63) is 118 Å². The second-order valence-corrected chi connectivity index (χ2v) is 21.5. The Hall–Kier alpha value is -5.29. The second kappa shape index (κ2) is 15.6. The largest absolute Gasteiger partial charge is 0.507 e. The van der Waals surface area contributed by atoms with E-state index >= 15 is 0 Å². The molecule has 4 saturated carbocycles. The van der Waals surface area contributed by atoms with Gasteiger partial charge in [-0.2, -0.15) is 0 Å². The van der Waals surface area contributed by atoms with Gasteiger partial charge >= 0.3 is 0 Å². The van der Waals surface area contributed by atoms with Gasteiger partial charge < -0.3 is 46.0 Å². The monoisotopic (exact) mass is 889 g/mol. The van der Waals surface area contributed by atoms with Crippen LogP contribution in [0.4, 0.5) is 0 Å². The lowest BCUT2D eigenvalue weighted by Crippen LogP contribution is -2.78. The molecule has 0 radical (unpaired) electrons. The average molecular weight is 890 g/mol. The Kier molecular flexibility index (Phi) is 9.98. The van der Waals surface area contributed by atoms with Crippen LogP contribution in [0.25, 0.3) is 22.9 Å². The number of aromatic amines is 1. The first-order valence-corrected chi connectivity index (χ1v) is 24.8. The van der Waals surface area contributed by atoms with E-state index in [0.717, 1.165) is 24.8 Å². The second-order valence-electron chi connectivity index (χ2n) is 21.5. The number of hydrogen-bond donors (Lipinski definition) is 9. The minimum absolute atomic E-state index is 0.0447. The van der Waals surface area contributed by atoms with Crippen LogP contribution >= 0.6 is 0 Å². The van der Waals surface area contributed by atoms with Gasteiger partial charge in [-0.15, -0.1) is 0 Å². The summed E-state index contributed by atoms with van der Waals surface area (Å²) < 4.78 is 0. The molecule has 5 fully saturated rings. The lowest BCUT2D eigenvalue weighted by Gasteiger charge is -2.74. The van der Waals surface area contributed by atoms with E-state index < -0.39 is 6.10 Å². The fourth-order valence-electron chi connectivity index (χ4n) is 16.9. The number of allylic oxidation sites excluding steroid dienone is 1. The summed E-state index contributed by atoms with van der Waals surface area (Å²) in [5.41, 5.74) is 6.35. The molecule has 6 aliphatic carbocycles. The first kappa shape index (κ1) is 42.1. The SMILES string of the molecule is OCCC1CC(c2ccc(CCc3c(O)c(O)c4c(O)cccc4c3C=Cc3ccc(O)c(O)c3)cc2)NC2C1CC1CCC3CCc4[nH]cnc4C24C2C(O)C=CC5CCCC52CCC314. The fraction of sp³-hybridized carbons (Fsp3) is 0.482. The molecule has 9 N–H and O–H groups in total. The van der Waals surface area contributed by atoms with Gasteiger partial charge in [-0.1, -0.05) is 73.2 Å². The highest BCUT2D eigenvalue weighted by Gasteiger charge is 2.79. The zero-order valence-corrected chi connectivity index (χ0v) is 37.5. The van der Waals surface area contributed by atoms with Crippen molar-refractivity contribution < 1.29 is 35.7 Å². The molecule has 344 valence electrons. The first-order chi connectivity index (χ1) is 32.1. The molecule has 12 rings (SSSR count). The van der Waals surface area contributed by atoms with Crippen molar-refractivity contribution in [1.82, 2.24) is 15.3 Å². The van der Waals surface area contributed by atoms with Crippen molar-refractivity contribution >= 4 is 22.9 Å². The lowest BCUT2D eigenvalue weighted by atomic mass is 9.31. The van der Waals surface area contributed by atoms with Crippen LogP contribution in [0, 0.1) is 46.3 Å². The lowest BCUT2D eigenvalue weighted by molar-refractivity contribution is -0.216. The summed E-state index contributed by atoms with van der Waals surface area (Å²) in [6.45, 7) is 0.158. The van der Waals surface area contributed by atoms with Crippen molar-refractivity contribution in [1.29, 1.82) is 0 Å². The van der Waals surface area contributed by atoms with Gasteiger partial charge in [0, 0.05) is 41.3 Å². The normalized spacial score (nSPS) is 35.2. The summed E-state index contributed by atoms with van der Waals surface area (Å²) >= 11 is 0. The molecule has 2 spiro atoms. The summed E-state index contributed by atoms with van der Waals surface area (Å²) in [7, 11) is 0. The number of phenols is 5. The van der Waals surface area contributed by atoms with Gasteiger partial charge in [-0.3, -0.25) is 0 Å². The minimum atomic E-state index is -0.538. The van der Waals surface area contributed by atoms with Crippen molar-refractivity contribution in [3.63, 3.8) is 0 Å². The van der Waals surface area contributed by atoms with Gasteiger partial charge in [0.15, 0.2) is 23.0 Å². The number of H-pyrrole nitrogens is 1. The molecule has 7 aliphatic rings. The Morgan fingerprint density at radius 3 is 2.47 bits per heavy atom. The van der Waals surface area contributed by atoms with Crippen LogP contribution in [0.15, 0.2) is 79.1 Å². The quantitative estimate of drug-likeness (QED) is 0.0416. The molecule has 66 heavy (non-hydrogen) atoms. The molecule has 1 aliphatic heterocycles. The number of aliphatic hydroxyl groups excluding tert-OH is 2. The van der Waals surface area contributed by atoms with Gasteiger partial charge in [0.25, 0.3) is 0 Å². The van der Waals surface area contributed by atoms with Crippen molar-refractivity contribution in [2.75, 3.05) is 6.61 Å². The summed E-state index contributed by atoms with van der Waals surface area (Å²) in [4.78, 5) is 9.13. The third-order valence-electron chi connectivity index (χ3n) is 19.2. The molecule has 12 unspecified atom stereocenters. The van der Waals surface area contributed by atoms with Gasteiger partial charge in [-0.25, -0.2) is 4.98 Å². The van der Waals surface area contributed by atoms with E-state index in [9.17, 15) is 35.7 Å². The van der Waals surface area contributed by atoms with E-state index in [1.165, 1.54) is 92.9 Å². The molecule has 0 bridgehead atoms. The molecule has 5 aromatic rings. The van der Waals surface area contributed by atoms with E-state index in [2.05, 4.69) is 46.7 Å².